The number of nitrogens with one attached hydrogen (secondary N) is 1. The zero-order valence-electron chi connectivity index (χ0n) is 11.6. The van der Waals surface area contributed by atoms with Crippen LogP contribution in [0.15, 0.2) is 24.3 Å². The Labute approximate surface area is 117 Å². The normalized spacial score (nSPS) is 14.7. The number of ether oxygens (including phenoxy) is 1. The first kappa shape index (κ1) is 13.0. The van der Waals surface area contributed by atoms with Gasteiger partial charge < -0.3 is 20.4 Å². The Balaban J connectivity index is 1.86. The number of benzene rings is 1. The second-order valence-corrected chi connectivity index (χ2v) is 5.25. The van der Waals surface area contributed by atoms with E-state index in [0.717, 1.165) is 23.7 Å². The lowest BCUT2D eigenvalue weighted by Gasteiger charge is -2.21. The van der Waals surface area contributed by atoms with Crippen LogP contribution in [0.5, 0.6) is 0 Å². The Morgan fingerprint density at radius 2 is 2.25 bits per heavy atom. The van der Waals surface area contributed by atoms with Crippen molar-refractivity contribution in [1.29, 1.82) is 0 Å². The number of methoxy groups -OCH3 is 1. The molecule has 5 heteroatoms. The van der Waals surface area contributed by atoms with Crippen molar-refractivity contribution in [2.24, 2.45) is 0 Å². The molecule has 1 aliphatic rings. The number of nitrogen functional groups attached to an aromatic ring is 1. The average molecular weight is 273 g/mol. The first-order valence-electron chi connectivity index (χ1n) is 6.87. The van der Waals surface area contributed by atoms with Gasteiger partial charge in [0, 0.05) is 36.3 Å². The van der Waals surface area contributed by atoms with Crippen LogP contribution in [0.1, 0.15) is 23.3 Å². The molecule has 3 rings (SSSR count). The Kier molecular flexibility index (Phi) is 3.36. The summed E-state index contributed by atoms with van der Waals surface area (Å²) in [6.07, 6.45) is 2.17. The summed E-state index contributed by atoms with van der Waals surface area (Å²) >= 11 is 0. The van der Waals surface area contributed by atoms with Crippen LogP contribution in [-0.4, -0.2) is 42.1 Å². The third-order valence-electron chi connectivity index (χ3n) is 3.66. The first-order chi connectivity index (χ1) is 9.69. The van der Waals surface area contributed by atoms with Crippen LogP contribution < -0.4 is 5.73 Å². The third-order valence-corrected chi connectivity index (χ3v) is 3.66. The van der Waals surface area contributed by atoms with E-state index in [2.05, 4.69) is 4.98 Å². The van der Waals surface area contributed by atoms with Crippen molar-refractivity contribution in [3.05, 3.63) is 30.0 Å². The van der Waals surface area contributed by atoms with Gasteiger partial charge in [-0.1, -0.05) is 0 Å². The van der Waals surface area contributed by atoms with E-state index in [0.29, 0.717) is 30.6 Å². The number of H-pyrrole nitrogens is 1. The predicted octanol–water partition coefficient (Wildman–Crippen LogP) is 2.00. The number of rotatable bonds is 5. The van der Waals surface area contributed by atoms with E-state index in [9.17, 15) is 4.79 Å². The van der Waals surface area contributed by atoms with Crippen molar-refractivity contribution in [3.63, 3.8) is 0 Å². The number of nitrogens with zero attached hydrogens (tertiary/aromatic N) is 1. The fourth-order valence-corrected chi connectivity index (χ4v) is 2.45. The van der Waals surface area contributed by atoms with Crippen LogP contribution in [0.2, 0.25) is 0 Å². The topological polar surface area (TPSA) is 71.3 Å². The summed E-state index contributed by atoms with van der Waals surface area (Å²) in [6.45, 7) is 1.20. The summed E-state index contributed by atoms with van der Waals surface area (Å²) < 4.78 is 5.09. The monoisotopic (exact) mass is 273 g/mol. The molecule has 1 aliphatic carbocycles. The van der Waals surface area contributed by atoms with Gasteiger partial charge in [0.15, 0.2) is 0 Å². The molecule has 3 N–H and O–H groups in total. The van der Waals surface area contributed by atoms with E-state index < -0.39 is 0 Å². The second-order valence-electron chi connectivity index (χ2n) is 5.25. The number of hydrogen-bond donors (Lipinski definition) is 2. The molecule has 1 amide bonds. The molecule has 0 saturated heterocycles. The lowest BCUT2D eigenvalue weighted by atomic mass is 10.2. The van der Waals surface area contributed by atoms with Gasteiger partial charge in [-0.3, -0.25) is 4.79 Å². The van der Waals surface area contributed by atoms with Crippen molar-refractivity contribution in [3.8, 4) is 0 Å². The van der Waals surface area contributed by atoms with E-state index in [1.54, 1.807) is 7.11 Å². The maximum Gasteiger partial charge on any atom is 0.270 e. The fraction of sp³-hybridized carbons (Fsp3) is 0.400. The van der Waals surface area contributed by atoms with E-state index in [1.165, 1.54) is 0 Å². The maximum atomic E-state index is 12.6. The number of hydrogen-bond acceptors (Lipinski definition) is 3. The van der Waals surface area contributed by atoms with Gasteiger partial charge in [0.1, 0.15) is 5.69 Å². The molecule has 1 heterocycles. The molecule has 0 atom stereocenters. The molecular formula is C15H19N3O2. The first-order valence-corrected chi connectivity index (χ1v) is 6.87. The number of aromatic nitrogens is 1. The van der Waals surface area contributed by atoms with Gasteiger partial charge in [-0.25, -0.2) is 0 Å². The molecule has 0 spiro atoms. The van der Waals surface area contributed by atoms with Gasteiger partial charge >= 0.3 is 0 Å². The van der Waals surface area contributed by atoms with Crippen molar-refractivity contribution in [1.82, 2.24) is 9.88 Å². The largest absolute Gasteiger partial charge is 0.399 e. The van der Waals surface area contributed by atoms with Gasteiger partial charge in [0.05, 0.1) is 6.61 Å². The average Bonchev–Trinajstić information content (AvgIpc) is 3.18. The minimum Gasteiger partial charge on any atom is -0.399 e. The highest BCUT2D eigenvalue weighted by molar-refractivity contribution is 5.98. The van der Waals surface area contributed by atoms with Crippen molar-refractivity contribution in [2.75, 3.05) is 26.0 Å². The van der Waals surface area contributed by atoms with E-state index in [-0.39, 0.29) is 5.91 Å². The molecule has 0 aliphatic heterocycles. The molecule has 20 heavy (non-hydrogen) atoms. The molecule has 1 aromatic heterocycles. The molecule has 1 saturated carbocycles. The molecule has 1 fully saturated rings. The van der Waals surface area contributed by atoms with Gasteiger partial charge in [-0.2, -0.15) is 0 Å². The molecule has 1 aromatic carbocycles. The predicted molar refractivity (Wildman–Crippen MR) is 78.6 cm³/mol. The van der Waals surface area contributed by atoms with Crippen LogP contribution >= 0.6 is 0 Å². The number of anilines is 1. The van der Waals surface area contributed by atoms with Crippen molar-refractivity contribution < 1.29 is 9.53 Å². The minimum atomic E-state index is 0.0410. The van der Waals surface area contributed by atoms with Gasteiger partial charge in [-0.15, -0.1) is 0 Å². The quantitative estimate of drug-likeness (QED) is 0.818. The Bertz CT molecular complexity index is 631. The zero-order valence-corrected chi connectivity index (χ0v) is 11.6. The second kappa shape index (κ2) is 5.17. The van der Waals surface area contributed by atoms with Crippen LogP contribution in [-0.2, 0) is 4.74 Å². The highest BCUT2D eigenvalue weighted by Crippen LogP contribution is 2.28. The maximum absolute atomic E-state index is 12.6. The number of carbonyl (C=O) groups excluding carboxylic acids is 1. The lowest BCUT2D eigenvalue weighted by molar-refractivity contribution is 0.0675. The zero-order chi connectivity index (χ0) is 14.1. The summed E-state index contributed by atoms with van der Waals surface area (Å²) in [5.74, 6) is 0.0410. The lowest BCUT2D eigenvalue weighted by Crippen LogP contribution is -2.36. The Morgan fingerprint density at radius 3 is 2.95 bits per heavy atom. The fourth-order valence-electron chi connectivity index (χ4n) is 2.45. The number of carbonyl (C=O) groups is 1. The summed E-state index contributed by atoms with van der Waals surface area (Å²) in [7, 11) is 1.65. The SMILES string of the molecule is COCCN(C(=O)c1cc2cc(N)ccc2[nH]1)C1CC1. The molecule has 106 valence electrons. The van der Waals surface area contributed by atoms with Crippen molar-refractivity contribution in [2.45, 2.75) is 18.9 Å². The smallest absolute Gasteiger partial charge is 0.270 e. The number of aromatic amines is 1. The number of amides is 1. The standard InChI is InChI=1S/C15H19N3O2/c1-20-7-6-18(12-3-4-12)15(19)14-9-10-8-11(16)2-5-13(10)17-14/h2,5,8-9,12,17H,3-4,6-7,16H2,1H3. The van der Waals surface area contributed by atoms with E-state index in [1.807, 2.05) is 29.2 Å². The van der Waals surface area contributed by atoms with Crippen LogP contribution in [0.4, 0.5) is 5.69 Å². The van der Waals surface area contributed by atoms with E-state index >= 15 is 0 Å². The molecule has 0 bridgehead atoms. The van der Waals surface area contributed by atoms with Gasteiger partial charge in [0.2, 0.25) is 0 Å². The van der Waals surface area contributed by atoms with Gasteiger partial charge in [-0.05, 0) is 37.1 Å². The summed E-state index contributed by atoms with van der Waals surface area (Å²) in [6, 6.07) is 7.85. The van der Waals surface area contributed by atoms with Crippen LogP contribution in [0.3, 0.4) is 0 Å². The third kappa shape index (κ3) is 2.49. The highest BCUT2D eigenvalue weighted by Gasteiger charge is 2.33. The summed E-state index contributed by atoms with van der Waals surface area (Å²) in [5.41, 5.74) is 8.02. The van der Waals surface area contributed by atoms with Crippen LogP contribution in [0.25, 0.3) is 10.9 Å². The van der Waals surface area contributed by atoms with Crippen molar-refractivity contribution >= 4 is 22.5 Å². The number of fused-ring (bicyclic) bond motifs is 1. The Hall–Kier alpha value is -2.01. The van der Waals surface area contributed by atoms with E-state index in [4.69, 9.17) is 10.5 Å². The Morgan fingerprint density at radius 1 is 1.45 bits per heavy atom. The highest BCUT2D eigenvalue weighted by atomic mass is 16.5. The summed E-state index contributed by atoms with van der Waals surface area (Å²) in [4.78, 5) is 17.7. The molecule has 2 aromatic rings. The molecule has 0 radical (unpaired) electrons. The molecular weight excluding hydrogens is 254 g/mol. The molecule has 0 unspecified atom stereocenters. The molecule has 5 nitrogen and oxygen atoms in total. The summed E-state index contributed by atoms with van der Waals surface area (Å²) in [5, 5.41) is 0.968. The van der Waals surface area contributed by atoms with Gasteiger partial charge in [0.25, 0.3) is 5.91 Å². The number of nitrogens with two attached hydrogens (primary N) is 1. The van der Waals surface area contributed by atoms with Crippen LogP contribution in [0, 0.1) is 0 Å². The minimum absolute atomic E-state index is 0.0410.